The highest BCUT2D eigenvalue weighted by Gasteiger charge is 2.23. The van der Waals surface area contributed by atoms with E-state index >= 15 is 0 Å². The predicted octanol–water partition coefficient (Wildman–Crippen LogP) is 1.77. The maximum atomic E-state index is 12.8. The van der Waals surface area contributed by atoms with Crippen LogP contribution in [0.5, 0.6) is 0 Å². The molecule has 1 heterocycles. The molecular weight excluding hydrogens is 302 g/mol. The van der Waals surface area contributed by atoms with Gasteiger partial charge in [0, 0.05) is 5.69 Å². The number of H-pyrrole nitrogens is 1. The molecule has 3 rings (SSSR count). The molecule has 6 nitrogen and oxygen atoms in total. The summed E-state index contributed by atoms with van der Waals surface area (Å²) in [7, 11) is -3.99. The molecule has 2 aromatic carbocycles. The molecule has 0 aliphatic carbocycles. The second-order valence-corrected chi connectivity index (χ2v) is 7.01. The monoisotopic (exact) mass is 317 g/mol. The molecule has 0 spiro atoms. The van der Waals surface area contributed by atoms with Gasteiger partial charge in [0.15, 0.2) is 0 Å². The summed E-state index contributed by atoms with van der Waals surface area (Å²) < 4.78 is 26.4. The van der Waals surface area contributed by atoms with Crippen molar-refractivity contribution in [3.05, 3.63) is 58.0 Å². The lowest BCUT2D eigenvalue weighted by Gasteiger charge is -2.08. The number of nitrogens with two attached hydrogens (primary N) is 1. The van der Waals surface area contributed by atoms with Gasteiger partial charge in [-0.1, -0.05) is 6.07 Å². The first-order valence-electron chi connectivity index (χ1n) is 6.64. The van der Waals surface area contributed by atoms with E-state index in [1.807, 2.05) is 13.8 Å². The van der Waals surface area contributed by atoms with Gasteiger partial charge >= 0.3 is 5.69 Å². The molecule has 22 heavy (non-hydrogen) atoms. The molecule has 0 aliphatic heterocycles. The molecule has 7 heteroatoms. The fourth-order valence-corrected chi connectivity index (χ4v) is 3.77. The Labute approximate surface area is 127 Å². The molecule has 3 aromatic rings. The summed E-state index contributed by atoms with van der Waals surface area (Å²) in [6.45, 7) is 3.72. The second-order valence-electron chi connectivity index (χ2n) is 5.22. The fourth-order valence-electron chi connectivity index (χ4n) is 2.32. The Morgan fingerprint density at radius 2 is 1.77 bits per heavy atom. The van der Waals surface area contributed by atoms with Crippen LogP contribution in [-0.2, 0) is 10.0 Å². The quantitative estimate of drug-likeness (QED) is 0.704. The average molecular weight is 317 g/mol. The van der Waals surface area contributed by atoms with Gasteiger partial charge < -0.3 is 10.7 Å². The number of hydrogen-bond acceptors (Lipinski definition) is 4. The number of nitrogen functional groups attached to an aromatic ring is 1. The van der Waals surface area contributed by atoms with Crippen molar-refractivity contribution in [3.8, 4) is 0 Å². The first-order valence-corrected chi connectivity index (χ1v) is 8.08. The molecule has 0 unspecified atom stereocenters. The lowest BCUT2D eigenvalue weighted by molar-refractivity contribution is 0.587. The zero-order valence-electron chi connectivity index (χ0n) is 12.1. The summed E-state index contributed by atoms with van der Waals surface area (Å²) in [5, 5.41) is 0. The van der Waals surface area contributed by atoms with E-state index in [2.05, 4.69) is 4.98 Å². The average Bonchev–Trinajstić information content (AvgIpc) is 2.77. The van der Waals surface area contributed by atoms with Gasteiger partial charge in [-0.3, -0.25) is 0 Å². The van der Waals surface area contributed by atoms with Crippen LogP contribution in [0.4, 0.5) is 5.69 Å². The molecule has 0 aliphatic rings. The van der Waals surface area contributed by atoms with Gasteiger partial charge in [0.2, 0.25) is 0 Å². The summed E-state index contributed by atoms with van der Waals surface area (Å²) >= 11 is 0. The molecule has 0 atom stereocenters. The second kappa shape index (κ2) is 4.74. The molecule has 0 radical (unpaired) electrons. The Kier molecular flexibility index (Phi) is 3.10. The molecular formula is C15H15N3O3S. The molecule has 1 aromatic heterocycles. The van der Waals surface area contributed by atoms with Gasteiger partial charge in [-0.2, -0.15) is 3.97 Å². The van der Waals surface area contributed by atoms with Crippen molar-refractivity contribution in [1.82, 2.24) is 8.96 Å². The van der Waals surface area contributed by atoms with E-state index in [1.54, 1.807) is 24.3 Å². The van der Waals surface area contributed by atoms with Crippen LogP contribution in [0.3, 0.4) is 0 Å². The van der Waals surface area contributed by atoms with Crippen molar-refractivity contribution in [2.24, 2.45) is 0 Å². The van der Waals surface area contributed by atoms with Crippen molar-refractivity contribution in [1.29, 1.82) is 0 Å². The number of anilines is 1. The lowest BCUT2D eigenvalue weighted by Crippen LogP contribution is -2.25. The van der Waals surface area contributed by atoms with E-state index < -0.39 is 15.7 Å². The molecule has 114 valence electrons. The van der Waals surface area contributed by atoms with Crippen LogP contribution in [0.2, 0.25) is 0 Å². The van der Waals surface area contributed by atoms with Crippen LogP contribution in [0, 0.1) is 13.8 Å². The van der Waals surface area contributed by atoms with Crippen LogP contribution >= 0.6 is 0 Å². The summed E-state index contributed by atoms with van der Waals surface area (Å²) in [5.41, 5.74) is 7.86. The van der Waals surface area contributed by atoms with E-state index in [9.17, 15) is 13.2 Å². The highest BCUT2D eigenvalue weighted by molar-refractivity contribution is 7.90. The number of nitrogens with zero attached hydrogens (tertiary/aromatic N) is 1. The van der Waals surface area contributed by atoms with Gasteiger partial charge in [-0.15, -0.1) is 0 Å². The zero-order chi connectivity index (χ0) is 16.1. The van der Waals surface area contributed by atoms with Gasteiger partial charge in [0.1, 0.15) is 0 Å². The minimum Gasteiger partial charge on any atom is -0.399 e. The summed E-state index contributed by atoms with van der Waals surface area (Å²) in [6.07, 6.45) is 0. The highest BCUT2D eigenvalue weighted by Crippen LogP contribution is 2.21. The van der Waals surface area contributed by atoms with Gasteiger partial charge in [0.05, 0.1) is 15.9 Å². The van der Waals surface area contributed by atoms with Crippen molar-refractivity contribution in [2.45, 2.75) is 18.7 Å². The number of benzene rings is 2. The van der Waals surface area contributed by atoms with Crippen molar-refractivity contribution in [2.75, 3.05) is 5.73 Å². The first kappa shape index (κ1) is 14.4. The number of fused-ring (bicyclic) bond motifs is 1. The molecule has 0 saturated heterocycles. The van der Waals surface area contributed by atoms with E-state index in [0.717, 1.165) is 15.1 Å². The number of hydrogen-bond donors (Lipinski definition) is 2. The zero-order valence-corrected chi connectivity index (χ0v) is 12.9. The third-order valence-electron chi connectivity index (χ3n) is 3.68. The maximum Gasteiger partial charge on any atom is 0.340 e. The Balaban J connectivity index is 2.34. The number of nitrogens with one attached hydrogen (secondary N) is 1. The lowest BCUT2D eigenvalue weighted by atomic mass is 10.1. The van der Waals surface area contributed by atoms with Crippen LogP contribution < -0.4 is 11.4 Å². The third-order valence-corrected chi connectivity index (χ3v) is 5.38. The largest absolute Gasteiger partial charge is 0.399 e. The molecule has 0 bridgehead atoms. The van der Waals surface area contributed by atoms with E-state index in [1.165, 1.54) is 12.1 Å². The van der Waals surface area contributed by atoms with E-state index in [4.69, 9.17) is 5.73 Å². The smallest absolute Gasteiger partial charge is 0.340 e. The number of aromatic amines is 1. The predicted molar refractivity (Wildman–Crippen MR) is 85.5 cm³/mol. The van der Waals surface area contributed by atoms with Crippen LogP contribution in [0.15, 0.2) is 46.1 Å². The van der Waals surface area contributed by atoms with Crippen molar-refractivity contribution >= 4 is 26.7 Å². The topological polar surface area (TPSA) is 98.0 Å². The number of aromatic nitrogens is 2. The van der Waals surface area contributed by atoms with Gasteiger partial charge in [-0.05, 0) is 55.3 Å². The highest BCUT2D eigenvalue weighted by atomic mass is 32.2. The van der Waals surface area contributed by atoms with Gasteiger partial charge in [0.25, 0.3) is 10.0 Å². The third kappa shape index (κ3) is 2.10. The Hall–Kier alpha value is -2.54. The molecule has 0 amide bonds. The Morgan fingerprint density at radius 3 is 2.45 bits per heavy atom. The standard InChI is InChI=1S/C15H15N3O3S/c1-9-3-5-12(7-10(9)2)22(20,21)18-14-8-11(16)4-6-13(14)17-15(18)19/h3-8H,16H2,1-2H3,(H,17,19). The molecule has 3 N–H and O–H groups in total. The number of imidazole rings is 1. The molecule has 0 saturated carbocycles. The normalized spacial score (nSPS) is 11.9. The Morgan fingerprint density at radius 1 is 1.05 bits per heavy atom. The maximum absolute atomic E-state index is 12.8. The van der Waals surface area contributed by atoms with Crippen molar-refractivity contribution in [3.63, 3.8) is 0 Å². The molecule has 0 fully saturated rings. The SMILES string of the molecule is Cc1ccc(S(=O)(=O)n2c(=O)[nH]c3ccc(N)cc32)cc1C. The van der Waals surface area contributed by atoms with Crippen LogP contribution in [-0.4, -0.2) is 17.4 Å². The van der Waals surface area contributed by atoms with Crippen molar-refractivity contribution < 1.29 is 8.42 Å². The van der Waals surface area contributed by atoms with Crippen LogP contribution in [0.25, 0.3) is 11.0 Å². The first-order chi connectivity index (χ1) is 10.3. The summed E-state index contributed by atoms with van der Waals surface area (Å²) in [6, 6.07) is 9.42. The Bertz CT molecular complexity index is 1050. The number of rotatable bonds is 2. The summed E-state index contributed by atoms with van der Waals surface area (Å²) in [4.78, 5) is 14.7. The van der Waals surface area contributed by atoms with Crippen LogP contribution in [0.1, 0.15) is 11.1 Å². The van der Waals surface area contributed by atoms with E-state index in [0.29, 0.717) is 11.2 Å². The number of aryl methyl sites for hydroxylation is 2. The minimum atomic E-state index is -3.99. The summed E-state index contributed by atoms with van der Waals surface area (Å²) in [5.74, 6) is 0. The van der Waals surface area contributed by atoms with E-state index in [-0.39, 0.29) is 10.4 Å². The van der Waals surface area contributed by atoms with Gasteiger partial charge in [-0.25, -0.2) is 13.2 Å². The fraction of sp³-hybridized carbons (Fsp3) is 0.133. The minimum absolute atomic E-state index is 0.0704.